The largest absolute Gasteiger partial charge is 0.396 e. The van der Waals surface area contributed by atoms with Crippen molar-refractivity contribution < 1.29 is 5.11 Å². The van der Waals surface area contributed by atoms with Crippen molar-refractivity contribution in [1.29, 1.82) is 0 Å². The highest BCUT2D eigenvalue weighted by Crippen LogP contribution is 2.06. The summed E-state index contributed by atoms with van der Waals surface area (Å²) >= 11 is 1.91. The lowest BCUT2D eigenvalue weighted by Crippen LogP contribution is -2.25. The molecule has 0 aliphatic heterocycles. The van der Waals surface area contributed by atoms with E-state index in [0.717, 1.165) is 18.1 Å². The average Bonchev–Trinajstić information content (AvgIpc) is 2.03. The van der Waals surface area contributed by atoms with Gasteiger partial charge in [0.25, 0.3) is 0 Å². The number of nitrogens with one attached hydrogen (secondary N) is 1. The molecule has 0 fully saturated rings. The number of hydrogen-bond donors (Lipinski definition) is 2. The molecule has 0 aliphatic rings. The van der Waals surface area contributed by atoms with Crippen LogP contribution in [0, 0.1) is 5.92 Å². The van der Waals surface area contributed by atoms with Crippen LogP contribution in [-0.2, 0) is 0 Å². The summed E-state index contributed by atoms with van der Waals surface area (Å²) in [5.74, 6) is 2.65. The zero-order chi connectivity index (χ0) is 9.40. The summed E-state index contributed by atoms with van der Waals surface area (Å²) in [6.45, 7) is 7.76. The second-order valence-corrected chi connectivity index (χ2v) is 4.62. The van der Waals surface area contributed by atoms with Crippen LogP contribution in [0.25, 0.3) is 0 Å². The number of aliphatic hydroxyl groups excluding tert-OH is 1. The molecule has 0 radical (unpaired) electrons. The molecule has 0 spiro atoms. The van der Waals surface area contributed by atoms with Crippen LogP contribution in [-0.4, -0.2) is 35.8 Å². The van der Waals surface area contributed by atoms with Gasteiger partial charge in [-0.2, -0.15) is 11.8 Å². The van der Waals surface area contributed by atoms with Crippen LogP contribution in [0.2, 0.25) is 0 Å². The first-order valence-corrected chi connectivity index (χ1v) is 5.74. The van der Waals surface area contributed by atoms with Gasteiger partial charge >= 0.3 is 0 Å². The Morgan fingerprint density at radius 2 is 2.00 bits per heavy atom. The summed E-state index contributed by atoms with van der Waals surface area (Å²) in [6.07, 6.45) is 0. The van der Waals surface area contributed by atoms with Gasteiger partial charge in [0.15, 0.2) is 0 Å². The predicted octanol–water partition coefficient (Wildman–Crippen LogP) is 1.35. The third-order valence-electron chi connectivity index (χ3n) is 1.51. The molecule has 0 bridgehead atoms. The van der Waals surface area contributed by atoms with Crippen molar-refractivity contribution in [2.24, 2.45) is 5.92 Å². The molecule has 2 N–H and O–H groups in total. The van der Waals surface area contributed by atoms with Gasteiger partial charge in [-0.05, 0) is 11.7 Å². The molecular weight excluding hydrogens is 170 g/mol. The third kappa shape index (κ3) is 8.37. The van der Waals surface area contributed by atoms with Crippen LogP contribution in [0.15, 0.2) is 0 Å². The molecule has 2 nitrogen and oxygen atoms in total. The molecule has 0 rings (SSSR count). The van der Waals surface area contributed by atoms with Gasteiger partial charge in [0, 0.05) is 24.9 Å². The molecular formula is C9H21NOS. The molecule has 0 aromatic carbocycles. The zero-order valence-electron chi connectivity index (χ0n) is 8.34. The standard InChI is InChI=1S/C9H21NOS/c1-8(2)10-4-5-12-7-9(3)6-11/h8-11H,4-7H2,1-3H3. The van der Waals surface area contributed by atoms with Crippen LogP contribution in [0.3, 0.4) is 0 Å². The Balaban J connectivity index is 3.00. The molecule has 1 unspecified atom stereocenters. The summed E-state index contributed by atoms with van der Waals surface area (Å²) in [7, 11) is 0. The number of thioether (sulfide) groups is 1. The molecule has 0 aliphatic carbocycles. The van der Waals surface area contributed by atoms with Gasteiger partial charge in [0.2, 0.25) is 0 Å². The first kappa shape index (κ1) is 12.3. The van der Waals surface area contributed by atoms with Crippen molar-refractivity contribution >= 4 is 11.8 Å². The molecule has 0 heterocycles. The van der Waals surface area contributed by atoms with Crippen molar-refractivity contribution in [3.63, 3.8) is 0 Å². The molecule has 3 heteroatoms. The van der Waals surface area contributed by atoms with E-state index in [1.807, 2.05) is 11.8 Å². The fourth-order valence-electron chi connectivity index (χ4n) is 0.757. The van der Waals surface area contributed by atoms with Crippen LogP contribution >= 0.6 is 11.8 Å². The van der Waals surface area contributed by atoms with E-state index in [0.29, 0.717) is 18.6 Å². The Hall–Kier alpha value is 0.270. The van der Waals surface area contributed by atoms with Gasteiger partial charge in [0.05, 0.1) is 0 Å². The molecule has 0 aromatic rings. The van der Waals surface area contributed by atoms with E-state index in [1.54, 1.807) is 0 Å². The summed E-state index contributed by atoms with van der Waals surface area (Å²) in [5.41, 5.74) is 0. The average molecular weight is 191 g/mol. The summed E-state index contributed by atoms with van der Waals surface area (Å²) < 4.78 is 0. The highest BCUT2D eigenvalue weighted by molar-refractivity contribution is 7.99. The fraction of sp³-hybridized carbons (Fsp3) is 1.00. The first-order chi connectivity index (χ1) is 5.66. The van der Waals surface area contributed by atoms with Crippen LogP contribution < -0.4 is 5.32 Å². The van der Waals surface area contributed by atoms with E-state index in [-0.39, 0.29) is 0 Å². The van der Waals surface area contributed by atoms with Crippen molar-refractivity contribution in [3.05, 3.63) is 0 Å². The van der Waals surface area contributed by atoms with E-state index >= 15 is 0 Å². The lowest BCUT2D eigenvalue weighted by molar-refractivity contribution is 0.250. The maximum absolute atomic E-state index is 8.75. The molecule has 74 valence electrons. The molecule has 12 heavy (non-hydrogen) atoms. The van der Waals surface area contributed by atoms with Crippen LogP contribution in [0.5, 0.6) is 0 Å². The molecule has 0 aromatic heterocycles. The summed E-state index contributed by atoms with van der Waals surface area (Å²) in [4.78, 5) is 0. The molecule has 0 amide bonds. The van der Waals surface area contributed by atoms with Crippen molar-refractivity contribution in [1.82, 2.24) is 5.32 Å². The zero-order valence-corrected chi connectivity index (χ0v) is 9.16. The second-order valence-electron chi connectivity index (χ2n) is 3.47. The Kier molecular flexibility index (Phi) is 8.07. The van der Waals surface area contributed by atoms with Gasteiger partial charge in [0.1, 0.15) is 0 Å². The maximum Gasteiger partial charge on any atom is 0.0464 e. The van der Waals surface area contributed by atoms with Gasteiger partial charge in [-0.25, -0.2) is 0 Å². The molecule has 0 saturated heterocycles. The Bertz CT molecular complexity index is 98.5. The van der Waals surface area contributed by atoms with Gasteiger partial charge in [-0.1, -0.05) is 20.8 Å². The second kappa shape index (κ2) is 7.90. The van der Waals surface area contributed by atoms with E-state index in [9.17, 15) is 0 Å². The number of aliphatic hydroxyl groups is 1. The van der Waals surface area contributed by atoms with E-state index in [1.165, 1.54) is 0 Å². The quantitative estimate of drug-likeness (QED) is 0.596. The minimum Gasteiger partial charge on any atom is -0.396 e. The Labute approximate surface area is 80.1 Å². The Morgan fingerprint density at radius 1 is 1.33 bits per heavy atom. The molecule has 0 saturated carbocycles. The monoisotopic (exact) mass is 191 g/mol. The van der Waals surface area contributed by atoms with E-state index in [2.05, 4.69) is 26.1 Å². The van der Waals surface area contributed by atoms with E-state index in [4.69, 9.17) is 5.11 Å². The highest BCUT2D eigenvalue weighted by Gasteiger charge is 1.99. The van der Waals surface area contributed by atoms with Gasteiger partial charge in [-0.15, -0.1) is 0 Å². The fourth-order valence-corrected chi connectivity index (χ4v) is 1.69. The van der Waals surface area contributed by atoms with Crippen molar-refractivity contribution in [2.45, 2.75) is 26.8 Å². The third-order valence-corrected chi connectivity index (χ3v) is 2.81. The smallest absolute Gasteiger partial charge is 0.0464 e. The van der Waals surface area contributed by atoms with Gasteiger partial charge in [-0.3, -0.25) is 0 Å². The number of hydrogen-bond acceptors (Lipinski definition) is 3. The van der Waals surface area contributed by atoms with Crippen LogP contribution in [0.1, 0.15) is 20.8 Å². The topological polar surface area (TPSA) is 32.3 Å². The molecule has 1 atom stereocenters. The minimum absolute atomic E-state index is 0.310. The predicted molar refractivity (Wildman–Crippen MR) is 56.7 cm³/mol. The van der Waals surface area contributed by atoms with Crippen LogP contribution in [0.4, 0.5) is 0 Å². The van der Waals surface area contributed by atoms with Crippen molar-refractivity contribution in [3.8, 4) is 0 Å². The normalized spacial score (nSPS) is 13.8. The van der Waals surface area contributed by atoms with E-state index < -0.39 is 0 Å². The van der Waals surface area contributed by atoms with Crippen molar-refractivity contribution in [2.75, 3.05) is 24.7 Å². The minimum atomic E-state index is 0.310. The number of rotatable bonds is 7. The lowest BCUT2D eigenvalue weighted by atomic mass is 10.2. The Morgan fingerprint density at radius 3 is 2.50 bits per heavy atom. The summed E-state index contributed by atoms with van der Waals surface area (Å²) in [6, 6.07) is 0.584. The maximum atomic E-state index is 8.75. The SMILES string of the molecule is CC(CO)CSCCNC(C)C. The van der Waals surface area contributed by atoms with Gasteiger partial charge < -0.3 is 10.4 Å². The lowest BCUT2D eigenvalue weighted by Gasteiger charge is -2.09. The highest BCUT2D eigenvalue weighted by atomic mass is 32.2. The summed E-state index contributed by atoms with van der Waals surface area (Å²) in [5, 5.41) is 12.1. The first-order valence-electron chi connectivity index (χ1n) is 4.58.